The number of para-hydroxylation sites is 1. The Morgan fingerprint density at radius 3 is 2.41 bits per heavy atom. The van der Waals surface area contributed by atoms with E-state index in [1.807, 2.05) is 36.4 Å². The average molecular weight is 297 g/mol. The Morgan fingerprint density at radius 2 is 1.68 bits per heavy atom. The summed E-state index contributed by atoms with van der Waals surface area (Å²) < 4.78 is 5.77. The number of nitrogens with zero attached hydrogens (tertiary/aromatic N) is 1. The highest BCUT2D eigenvalue weighted by molar-refractivity contribution is 5.21. The van der Waals surface area contributed by atoms with Crippen molar-refractivity contribution in [1.29, 1.82) is 0 Å². The van der Waals surface area contributed by atoms with Gasteiger partial charge in [0.25, 0.3) is 0 Å². The molecule has 0 saturated carbocycles. The fourth-order valence-corrected chi connectivity index (χ4v) is 3.03. The van der Waals surface area contributed by atoms with Crippen LogP contribution in [0.25, 0.3) is 0 Å². The first-order chi connectivity index (χ1) is 10.7. The van der Waals surface area contributed by atoms with Crippen LogP contribution in [0, 0.1) is 0 Å². The van der Waals surface area contributed by atoms with E-state index in [0.29, 0.717) is 13.2 Å². The molecule has 3 rings (SSSR count). The molecule has 0 radical (unpaired) electrons. The van der Waals surface area contributed by atoms with Crippen LogP contribution in [0.2, 0.25) is 0 Å². The molecule has 0 bridgehead atoms. The maximum atomic E-state index is 10.8. The highest BCUT2D eigenvalue weighted by Gasteiger charge is 2.34. The topological polar surface area (TPSA) is 32.7 Å². The van der Waals surface area contributed by atoms with Crippen molar-refractivity contribution in [3.05, 3.63) is 66.2 Å². The summed E-state index contributed by atoms with van der Waals surface area (Å²) in [6, 6.07) is 20.1. The highest BCUT2D eigenvalue weighted by atomic mass is 16.5. The molecule has 1 atom stereocenters. The second-order valence-corrected chi connectivity index (χ2v) is 6.13. The van der Waals surface area contributed by atoms with Crippen LogP contribution in [0.4, 0.5) is 0 Å². The normalized spacial score (nSPS) is 22.4. The molecule has 1 aliphatic rings. The Labute approximate surface area is 132 Å². The minimum atomic E-state index is -0.761. The Morgan fingerprint density at radius 1 is 1.00 bits per heavy atom. The zero-order valence-electron chi connectivity index (χ0n) is 12.8. The van der Waals surface area contributed by atoms with Gasteiger partial charge in [0.15, 0.2) is 0 Å². The minimum Gasteiger partial charge on any atom is -0.491 e. The van der Waals surface area contributed by atoms with Crippen LogP contribution in [0.1, 0.15) is 18.4 Å². The summed E-state index contributed by atoms with van der Waals surface area (Å²) in [5, 5.41) is 10.8. The number of ether oxygens (including phenoxy) is 1. The minimum absolute atomic E-state index is 0.350. The van der Waals surface area contributed by atoms with Crippen molar-refractivity contribution in [3.8, 4) is 5.75 Å². The number of hydrogen-bond acceptors (Lipinski definition) is 3. The van der Waals surface area contributed by atoms with Crippen LogP contribution in [0.3, 0.4) is 0 Å². The van der Waals surface area contributed by atoms with Crippen molar-refractivity contribution in [2.75, 3.05) is 19.7 Å². The summed E-state index contributed by atoms with van der Waals surface area (Å²) in [4.78, 5) is 2.31. The molecule has 1 unspecified atom stereocenters. The summed E-state index contributed by atoms with van der Waals surface area (Å²) >= 11 is 0. The van der Waals surface area contributed by atoms with Crippen molar-refractivity contribution < 1.29 is 9.84 Å². The van der Waals surface area contributed by atoms with E-state index in [-0.39, 0.29) is 0 Å². The Bertz CT molecular complexity index is 573. The van der Waals surface area contributed by atoms with Crippen molar-refractivity contribution in [2.24, 2.45) is 0 Å². The van der Waals surface area contributed by atoms with E-state index in [2.05, 4.69) is 29.2 Å². The van der Waals surface area contributed by atoms with E-state index < -0.39 is 5.60 Å². The number of benzene rings is 2. The van der Waals surface area contributed by atoms with Crippen LogP contribution in [-0.2, 0) is 6.54 Å². The molecule has 1 saturated heterocycles. The Kier molecular flexibility index (Phi) is 4.76. The Hall–Kier alpha value is -1.84. The third-order valence-electron chi connectivity index (χ3n) is 4.13. The van der Waals surface area contributed by atoms with Crippen LogP contribution in [0.15, 0.2) is 60.7 Å². The molecule has 0 aliphatic carbocycles. The molecule has 2 aromatic rings. The number of likely N-dealkylation sites (tertiary alicyclic amines) is 1. The van der Waals surface area contributed by atoms with Gasteiger partial charge >= 0.3 is 0 Å². The molecule has 1 N–H and O–H groups in total. The molecule has 3 nitrogen and oxygen atoms in total. The number of piperidine rings is 1. The van der Waals surface area contributed by atoms with Gasteiger partial charge in [0.05, 0.1) is 0 Å². The standard InChI is InChI=1S/C19H23NO2/c21-19(16-22-18-10-5-2-6-11-18)12-7-13-20(15-19)14-17-8-3-1-4-9-17/h1-6,8-11,21H,7,12-16H2. The van der Waals surface area contributed by atoms with Crippen molar-refractivity contribution in [2.45, 2.75) is 25.0 Å². The molecule has 0 spiro atoms. The van der Waals surface area contributed by atoms with E-state index >= 15 is 0 Å². The lowest BCUT2D eigenvalue weighted by Gasteiger charge is -2.39. The fourth-order valence-electron chi connectivity index (χ4n) is 3.03. The fraction of sp³-hybridized carbons (Fsp3) is 0.368. The van der Waals surface area contributed by atoms with Gasteiger partial charge in [-0.3, -0.25) is 4.90 Å². The monoisotopic (exact) mass is 297 g/mol. The highest BCUT2D eigenvalue weighted by Crippen LogP contribution is 2.24. The molecule has 1 fully saturated rings. The van der Waals surface area contributed by atoms with E-state index in [1.54, 1.807) is 0 Å². The summed E-state index contributed by atoms with van der Waals surface area (Å²) in [5.41, 5.74) is 0.527. The summed E-state index contributed by atoms with van der Waals surface area (Å²) in [7, 11) is 0. The predicted octanol–water partition coefficient (Wildman–Crippen LogP) is 3.09. The summed E-state index contributed by atoms with van der Waals surface area (Å²) in [6.45, 7) is 2.92. The predicted molar refractivity (Wildman–Crippen MR) is 87.8 cm³/mol. The first-order valence-electron chi connectivity index (χ1n) is 7.90. The molecular weight excluding hydrogens is 274 g/mol. The van der Waals surface area contributed by atoms with Gasteiger partial charge in [-0.15, -0.1) is 0 Å². The number of rotatable bonds is 5. The van der Waals surface area contributed by atoms with Gasteiger partial charge in [-0.1, -0.05) is 48.5 Å². The van der Waals surface area contributed by atoms with Gasteiger partial charge in [0.1, 0.15) is 18.0 Å². The van der Waals surface area contributed by atoms with Gasteiger partial charge in [-0.05, 0) is 37.1 Å². The largest absolute Gasteiger partial charge is 0.491 e. The first kappa shape index (κ1) is 15.1. The van der Waals surface area contributed by atoms with Crippen molar-refractivity contribution in [3.63, 3.8) is 0 Å². The quantitative estimate of drug-likeness (QED) is 0.920. The number of β-amino-alcohol motifs (C(OH)–C–C–N with tert-alkyl or cyclic N) is 1. The smallest absolute Gasteiger partial charge is 0.119 e. The molecule has 0 amide bonds. The van der Waals surface area contributed by atoms with Crippen LogP contribution >= 0.6 is 0 Å². The van der Waals surface area contributed by atoms with E-state index in [1.165, 1.54) is 5.56 Å². The number of hydrogen-bond donors (Lipinski definition) is 1. The second-order valence-electron chi connectivity index (χ2n) is 6.13. The maximum Gasteiger partial charge on any atom is 0.119 e. The van der Waals surface area contributed by atoms with Gasteiger partial charge in [-0.2, -0.15) is 0 Å². The van der Waals surface area contributed by atoms with Gasteiger partial charge in [-0.25, -0.2) is 0 Å². The molecule has 22 heavy (non-hydrogen) atoms. The molecule has 1 heterocycles. The zero-order chi connectivity index (χ0) is 15.3. The molecule has 1 aliphatic heterocycles. The first-order valence-corrected chi connectivity index (χ1v) is 7.90. The third-order valence-corrected chi connectivity index (χ3v) is 4.13. The lowest BCUT2D eigenvalue weighted by molar-refractivity contribution is -0.0621. The molecule has 0 aromatic heterocycles. The number of aliphatic hydroxyl groups is 1. The van der Waals surface area contributed by atoms with Crippen LogP contribution in [-0.4, -0.2) is 35.3 Å². The maximum absolute atomic E-state index is 10.8. The van der Waals surface area contributed by atoms with Crippen LogP contribution in [0.5, 0.6) is 5.75 Å². The van der Waals surface area contributed by atoms with E-state index in [0.717, 1.165) is 31.7 Å². The van der Waals surface area contributed by atoms with Gasteiger partial charge in [0.2, 0.25) is 0 Å². The zero-order valence-corrected chi connectivity index (χ0v) is 12.8. The van der Waals surface area contributed by atoms with E-state index in [4.69, 9.17) is 4.74 Å². The van der Waals surface area contributed by atoms with Crippen molar-refractivity contribution >= 4 is 0 Å². The van der Waals surface area contributed by atoms with Gasteiger partial charge < -0.3 is 9.84 Å². The molecule has 2 aromatic carbocycles. The lowest BCUT2D eigenvalue weighted by atomic mass is 9.93. The summed E-state index contributed by atoms with van der Waals surface area (Å²) in [5.74, 6) is 0.816. The second kappa shape index (κ2) is 6.95. The van der Waals surface area contributed by atoms with Crippen molar-refractivity contribution in [1.82, 2.24) is 4.90 Å². The lowest BCUT2D eigenvalue weighted by Crippen LogP contribution is -2.51. The molecule has 3 heteroatoms. The van der Waals surface area contributed by atoms with E-state index in [9.17, 15) is 5.11 Å². The van der Waals surface area contributed by atoms with Crippen LogP contribution < -0.4 is 4.74 Å². The molecule has 116 valence electrons. The average Bonchev–Trinajstić information content (AvgIpc) is 2.55. The van der Waals surface area contributed by atoms with Gasteiger partial charge in [0, 0.05) is 13.1 Å². The summed E-state index contributed by atoms with van der Waals surface area (Å²) in [6.07, 6.45) is 1.80. The Balaban J connectivity index is 1.57. The third kappa shape index (κ3) is 4.09. The SMILES string of the molecule is OC1(COc2ccccc2)CCCN(Cc2ccccc2)C1. The molecular formula is C19H23NO2.